The van der Waals surface area contributed by atoms with Crippen LogP contribution >= 0.6 is 0 Å². The molecule has 2 heterocycles. The number of aromatic carboxylic acids is 1. The minimum atomic E-state index is -1.31. The molecule has 23 heavy (non-hydrogen) atoms. The number of fused-ring (bicyclic) bond motifs is 1. The zero-order valence-electron chi connectivity index (χ0n) is 12.7. The highest BCUT2D eigenvalue weighted by atomic mass is 16.4. The summed E-state index contributed by atoms with van der Waals surface area (Å²) in [4.78, 5) is 28.4. The van der Waals surface area contributed by atoms with E-state index < -0.39 is 11.5 Å². The van der Waals surface area contributed by atoms with Crippen LogP contribution in [0.3, 0.4) is 0 Å². The van der Waals surface area contributed by atoms with Gasteiger partial charge < -0.3 is 10.4 Å². The minimum absolute atomic E-state index is 0.0439. The van der Waals surface area contributed by atoms with Crippen LogP contribution in [0.4, 0.5) is 11.5 Å². The Labute approximate surface area is 132 Å². The van der Waals surface area contributed by atoms with E-state index >= 15 is 0 Å². The second kappa shape index (κ2) is 5.57. The van der Waals surface area contributed by atoms with Gasteiger partial charge in [-0.25, -0.2) is 9.78 Å². The molecule has 0 saturated carbocycles. The molecule has 6 nitrogen and oxygen atoms in total. The average molecular weight is 309 g/mol. The number of pyridine rings is 1. The second-order valence-electron chi connectivity index (χ2n) is 5.33. The third-order valence-electron chi connectivity index (χ3n) is 3.54. The van der Waals surface area contributed by atoms with Gasteiger partial charge in [-0.1, -0.05) is 18.2 Å². The molecular weight excluding hydrogens is 294 g/mol. The van der Waals surface area contributed by atoms with Crippen molar-refractivity contribution in [1.82, 2.24) is 9.38 Å². The summed E-state index contributed by atoms with van der Waals surface area (Å²) in [5.74, 6) is -1.27. The van der Waals surface area contributed by atoms with Crippen molar-refractivity contribution < 1.29 is 9.90 Å². The predicted octanol–water partition coefficient (Wildman–Crippen LogP) is 2.75. The Morgan fingerprint density at radius 3 is 2.70 bits per heavy atom. The number of rotatable bonds is 3. The van der Waals surface area contributed by atoms with Crippen molar-refractivity contribution in [3.63, 3.8) is 0 Å². The number of anilines is 2. The molecule has 0 spiro atoms. The van der Waals surface area contributed by atoms with Crippen molar-refractivity contribution in [1.29, 1.82) is 0 Å². The van der Waals surface area contributed by atoms with Gasteiger partial charge in [0.2, 0.25) is 0 Å². The highest BCUT2D eigenvalue weighted by molar-refractivity contribution is 5.94. The lowest BCUT2D eigenvalue weighted by atomic mass is 10.2. The molecule has 0 aliphatic heterocycles. The zero-order chi connectivity index (χ0) is 16.6. The Balaban J connectivity index is 2.26. The van der Waals surface area contributed by atoms with E-state index in [2.05, 4.69) is 10.3 Å². The molecule has 6 heteroatoms. The molecule has 0 aliphatic rings. The Bertz CT molecular complexity index is 976. The number of benzene rings is 1. The molecule has 0 fully saturated rings. The number of aromatic nitrogens is 2. The number of aryl methyl sites for hydroxylation is 2. The van der Waals surface area contributed by atoms with Crippen molar-refractivity contribution in [3.8, 4) is 0 Å². The Hall–Kier alpha value is -3.15. The second-order valence-corrected chi connectivity index (χ2v) is 5.33. The molecular formula is C17H15N3O3. The number of carboxylic acid groups (broad SMARTS) is 1. The summed E-state index contributed by atoms with van der Waals surface area (Å²) in [6.45, 7) is 3.74. The number of nitrogens with zero attached hydrogens (tertiary/aromatic N) is 2. The normalized spacial score (nSPS) is 10.7. The van der Waals surface area contributed by atoms with Crippen LogP contribution in [0.5, 0.6) is 0 Å². The van der Waals surface area contributed by atoms with E-state index in [0.29, 0.717) is 11.3 Å². The van der Waals surface area contributed by atoms with Gasteiger partial charge in [0.05, 0.1) is 0 Å². The topological polar surface area (TPSA) is 83.7 Å². The van der Waals surface area contributed by atoms with E-state index in [-0.39, 0.29) is 11.4 Å². The number of hydrogen-bond acceptors (Lipinski definition) is 4. The maximum atomic E-state index is 12.5. The summed E-state index contributed by atoms with van der Waals surface area (Å²) in [5, 5.41) is 12.4. The largest absolute Gasteiger partial charge is 0.477 e. The fourth-order valence-corrected chi connectivity index (χ4v) is 2.44. The Morgan fingerprint density at radius 1 is 1.22 bits per heavy atom. The highest BCUT2D eigenvalue weighted by Crippen LogP contribution is 2.19. The quantitative estimate of drug-likeness (QED) is 0.777. The van der Waals surface area contributed by atoms with Gasteiger partial charge in [-0.3, -0.25) is 9.20 Å². The van der Waals surface area contributed by atoms with Gasteiger partial charge in [0.25, 0.3) is 5.56 Å². The fraction of sp³-hybridized carbons (Fsp3) is 0.118. The molecule has 0 atom stereocenters. The number of nitrogens with one attached hydrogen (secondary N) is 1. The molecule has 0 amide bonds. The van der Waals surface area contributed by atoms with Gasteiger partial charge in [0.1, 0.15) is 5.65 Å². The van der Waals surface area contributed by atoms with Crippen LogP contribution in [-0.4, -0.2) is 20.5 Å². The first-order valence-electron chi connectivity index (χ1n) is 7.06. The van der Waals surface area contributed by atoms with Crippen LogP contribution in [0.1, 0.15) is 21.5 Å². The van der Waals surface area contributed by atoms with Gasteiger partial charge in [0.15, 0.2) is 11.4 Å². The third kappa shape index (κ3) is 2.66. The lowest BCUT2D eigenvalue weighted by Crippen LogP contribution is -2.25. The van der Waals surface area contributed by atoms with Crippen LogP contribution < -0.4 is 10.9 Å². The van der Waals surface area contributed by atoms with E-state index in [9.17, 15) is 14.7 Å². The number of carboxylic acids is 1. The van der Waals surface area contributed by atoms with Crippen LogP contribution in [0.25, 0.3) is 5.65 Å². The smallest absolute Gasteiger partial charge is 0.345 e. The maximum absolute atomic E-state index is 12.5. The van der Waals surface area contributed by atoms with E-state index in [1.165, 1.54) is 10.6 Å². The van der Waals surface area contributed by atoms with Crippen LogP contribution in [0, 0.1) is 13.8 Å². The lowest BCUT2D eigenvalue weighted by molar-refractivity contribution is 0.0695. The maximum Gasteiger partial charge on any atom is 0.345 e. The zero-order valence-corrected chi connectivity index (χ0v) is 12.7. The molecule has 0 saturated heterocycles. The first-order valence-corrected chi connectivity index (χ1v) is 7.06. The standard InChI is InChI=1S/C17H15N3O3/c1-10-5-3-7-12(9-10)18-14-13(17(22)23)16(21)20-8-4-6-11(2)15(20)19-14/h3-9,18H,1-2H3,(H,22,23). The van der Waals surface area contributed by atoms with E-state index in [1.54, 1.807) is 12.1 Å². The minimum Gasteiger partial charge on any atom is -0.477 e. The molecule has 3 aromatic rings. The molecule has 1 aromatic carbocycles. The molecule has 116 valence electrons. The summed E-state index contributed by atoms with van der Waals surface area (Å²) >= 11 is 0. The van der Waals surface area contributed by atoms with Gasteiger partial charge in [-0.2, -0.15) is 0 Å². The average Bonchev–Trinajstić information content (AvgIpc) is 2.48. The third-order valence-corrected chi connectivity index (χ3v) is 3.54. The van der Waals surface area contributed by atoms with Crippen LogP contribution in [0.15, 0.2) is 47.4 Å². The number of hydrogen-bond donors (Lipinski definition) is 2. The highest BCUT2D eigenvalue weighted by Gasteiger charge is 2.20. The molecule has 0 radical (unpaired) electrons. The van der Waals surface area contributed by atoms with Crippen molar-refractivity contribution in [2.45, 2.75) is 13.8 Å². The SMILES string of the molecule is Cc1cccc(Nc2nc3c(C)cccn3c(=O)c2C(=O)O)c1. The summed E-state index contributed by atoms with van der Waals surface area (Å²) in [6, 6.07) is 10.9. The summed E-state index contributed by atoms with van der Waals surface area (Å²) in [5.41, 5.74) is 1.92. The van der Waals surface area contributed by atoms with E-state index in [1.807, 2.05) is 38.1 Å². The van der Waals surface area contributed by atoms with Gasteiger partial charge in [-0.15, -0.1) is 0 Å². The monoisotopic (exact) mass is 309 g/mol. The summed E-state index contributed by atoms with van der Waals surface area (Å²) in [7, 11) is 0. The molecule has 0 unspecified atom stereocenters. The summed E-state index contributed by atoms with van der Waals surface area (Å²) in [6.07, 6.45) is 1.51. The first-order chi connectivity index (χ1) is 11.0. The predicted molar refractivity (Wildman–Crippen MR) is 87.6 cm³/mol. The van der Waals surface area contributed by atoms with Crippen LogP contribution in [0.2, 0.25) is 0 Å². The van der Waals surface area contributed by atoms with Gasteiger partial charge >= 0.3 is 5.97 Å². The van der Waals surface area contributed by atoms with E-state index in [4.69, 9.17) is 0 Å². The van der Waals surface area contributed by atoms with Crippen LogP contribution in [-0.2, 0) is 0 Å². The van der Waals surface area contributed by atoms with Crippen molar-refractivity contribution in [2.75, 3.05) is 5.32 Å². The molecule has 3 rings (SSSR count). The summed E-state index contributed by atoms with van der Waals surface area (Å²) < 4.78 is 1.25. The van der Waals surface area contributed by atoms with Gasteiger partial charge in [0, 0.05) is 11.9 Å². The van der Waals surface area contributed by atoms with Crippen molar-refractivity contribution >= 4 is 23.1 Å². The Kier molecular flexibility index (Phi) is 3.57. The van der Waals surface area contributed by atoms with Crippen molar-refractivity contribution in [3.05, 3.63) is 69.6 Å². The molecule has 2 N–H and O–H groups in total. The van der Waals surface area contributed by atoms with Crippen molar-refractivity contribution in [2.24, 2.45) is 0 Å². The Morgan fingerprint density at radius 2 is 2.00 bits per heavy atom. The fourth-order valence-electron chi connectivity index (χ4n) is 2.44. The molecule has 0 aliphatic carbocycles. The first kappa shape index (κ1) is 14.8. The molecule has 2 aromatic heterocycles. The number of carbonyl (C=O) groups is 1. The van der Waals surface area contributed by atoms with E-state index in [0.717, 1.165) is 11.1 Å². The van der Waals surface area contributed by atoms with Gasteiger partial charge in [-0.05, 0) is 43.2 Å². The molecule has 0 bridgehead atoms. The lowest BCUT2D eigenvalue weighted by Gasteiger charge is -2.12.